The Morgan fingerprint density at radius 2 is 1.61 bits per heavy atom. The third kappa shape index (κ3) is 4.72. The first kappa shape index (κ1) is 22.5. The Morgan fingerprint density at radius 3 is 2.33 bits per heavy atom. The second-order valence-electron chi connectivity index (χ2n) is 8.28. The molecule has 170 valence electrons. The van der Waals surface area contributed by atoms with Gasteiger partial charge in [-0.05, 0) is 41.8 Å². The Hall–Kier alpha value is -3.73. The lowest BCUT2D eigenvalue weighted by atomic mass is 9.87. The van der Waals surface area contributed by atoms with E-state index in [-0.39, 0.29) is 17.9 Å². The van der Waals surface area contributed by atoms with Gasteiger partial charge in [0.05, 0.1) is 20.3 Å². The van der Waals surface area contributed by atoms with Crippen molar-refractivity contribution in [1.82, 2.24) is 9.88 Å². The molecular formula is C28H30N2O3. The summed E-state index contributed by atoms with van der Waals surface area (Å²) in [7, 11) is 5.29. The zero-order valence-corrected chi connectivity index (χ0v) is 19.5. The molecule has 0 saturated carbocycles. The number of para-hydroxylation sites is 1. The molecule has 5 heteroatoms. The van der Waals surface area contributed by atoms with Crippen LogP contribution in [-0.2, 0) is 11.8 Å². The maximum absolute atomic E-state index is 13.2. The molecule has 1 heterocycles. The van der Waals surface area contributed by atoms with Crippen LogP contribution < -0.4 is 14.8 Å². The van der Waals surface area contributed by atoms with Gasteiger partial charge in [0.1, 0.15) is 0 Å². The van der Waals surface area contributed by atoms with Crippen molar-refractivity contribution in [3.63, 3.8) is 0 Å². The van der Waals surface area contributed by atoms with E-state index in [2.05, 4.69) is 28.2 Å². The molecule has 0 saturated heterocycles. The average Bonchev–Trinajstić information content (AvgIpc) is 3.19. The number of amides is 1. The van der Waals surface area contributed by atoms with Gasteiger partial charge in [-0.15, -0.1) is 0 Å². The van der Waals surface area contributed by atoms with E-state index in [4.69, 9.17) is 9.47 Å². The number of nitrogens with zero attached hydrogens (tertiary/aromatic N) is 1. The molecule has 1 aromatic heterocycles. The summed E-state index contributed by atoms with van der Waals surface area (Å²) in [6.07, 6.45) is 2.45. The fraction of sp³-hybridized carbons (Fsp3) is 0.250. The van der Waals surface area contributed by atoms with Crippen LogP contribution >= 0.6 is 0 Å². The Bertz CT molecular complexity index is 1250. The number of rotatable bonds is 8. The standard InChI is InChI=1S/C28H30N2O3/c1-19(20-10-6-5-7-11-20)29-28(31)17-23(21-14-15-26(32-3)27(16-21)33-4)24-18-30(2)25-13-9-8-12-22(24)25/h5-16,18-19,23H,17H2,1-4H3,(H,29,31)/t19-,23+/m0/s1. The van der Waals surface area contributed by atoms with E-state index in [9.17, 15) is 4.79 Å². The lowest BCUT2D eigenvalue weighted by molar-refractivity contribution is -0.121. The predicted molar refractivity (Wildman–Crippen MR) is 132 cm³/mol. The molecule has 3 aromatic carbocycles. The summed E-state index contributed by atoms with van der Waals surface area (Å²) in [5.41, 5.74) is 4.34. The van der Waals surface area contributed by atoms with Crippen LogP contribution in [0.3, 0.4) is 0 Å². The van der Waals surface area contributed by atoms with Gasteiger partial charge in [0.15, 0.2) is 11.5 Å². The largest absolute Gasteiger partial charge is 0.493 e. The van der Waals surface area contributed by atoms with Crippen LogP contribution in [0.2, 0.25) is 0 Å². The Labute approximate surface area is 195 Å². The summed E-state index contributed by atoms with van der Waals surface area (Å²) in [5, 5.41) is 4.31. The Balaban J connectivity index is 1.71. The van der Waals surface area contributed by atoms with Gasteiger partial charge >= 0.3 is 0 Å². The highest BCUT2D eigenvalue weighted by atomic mass is 16.5. The molecule has 0 radical (unpaired) electrons. The second kappa shape index (κ2) is 9.82. The first-order valence-electron chi connectivity index (χ1n) is 11.1. The van der Waals surface area contributed by atoms with Crippen LogP contribution in [0, 0.1) is 0 Å². The Kier molecular flexibility index (Phi) is 6.68. The first-order valence-corrected chi connectivity index (χ1v) is 11.1. The lowest BCUT2D eigenvalue weighted by Crippen LogP contribution is -2.28. The zero-order chi connectivity index (χ0) is 23.4. The molecule has 2 atom stereocenters. The summed E-state index contributed by atoms with van der Waals surface area (Å²) in [6, 6.07) is 24.1. The van der Waals surface area contributed by atoms with Crippen LogP contribution in [0.25, 0.3) is 10.9 Å². The van der Waals surface area contributed by atoms with E-state index in [1.807, 2.05) is 74.6 Å². The highest BCUT2D eigenvalue weighted by molar-refractivity contribution is 5.86. The molecule has 0 bridgehead atoms. The normalized spacial score (nSPS) is 12.8. The van der Waals surface area contributed by atoms with E-state index >= 15 is 0 Å². The monoisotopic (exact) mass is 442 g/mol. The van der Waals surface area contributed by atoms with Crippen LogP contribution in [0.5, 0.6) is 11.5 Å². The van der Waals surface area contributed by atoms with E-state index < -0.39 is 0 Å². The topological polar surface area (TPSA) is 52.5 Å². The molecule has 0 aliphatic heterocycles. The van der Waals surface area contributed by atoms with E-state index in [1.165, 1.54) is 0 Å². The lowest BCUT2D eigenvalue weighted by Gasteiger charge is -2.21. The number of hydrogen-bond acceptors (Lipinski definition) is 3. The van der Waals surface area contributed by atoms with Crippen molar-refractivity contribution in [1.29, 1.82) is 0 Å². The van der Waals surface area contributed by atoms with Crippen molar-refractivity contribution >= 4 is 16.8 Å². The van der Waals surface area contributed by atoms with Crippen molar-refractivity contribution in [2.75, 3.05) is 14.2 Å². The van der Waals surface area contributed by atoms with Crippen molar-refractivity contribution in [2.24, 2.45) is 7.05 Å². The average molecular weight is 443 g/mol. The van der Waals surface area contributed by atoms with Gasteiger partial charge in [0, 0.05) is 36.5 Å². The molecule has 33 heavy (non-hydrogen) atoms. The summed E-state index contributed by atoms with van der Waals surface area (Å²) >= 11 is 0. The minimum absolute atomic E-state index is 0.000859. The molecule has 0 unspecified atom stereocenters. The molecule has 0 aliphatic rings. The molecule has 5 nitrogen and oxygen atoms in total. The minimum Gasteiger partial charge on any atom is -0.493 e. The van der Waals surface area contributed by atoms with Gasteiger partial charge in [0.2, 0.25) is 5.91 Å². The second-order valence-corrected chi connectivity index (χ2v) is 8.28. The summed E-state index contributed by atoms with van der Waals surface area (Å²) in [5.74, 6) is 1.18. The van der Waals surface area contributed by atoms with Gasteiger partial charge < -0.3 is 19.4 Å². The number of carbonyl (C=O) groups excluding carboxylic acids is 1. The molecule has 4 rings (SSSR count). The fourth-order valence-electron chi connectivity index (χ4n) is 4.44. The maximum atomic E-state index is 13.2. The van der Waals surface area contributed by atoms with Gasteiger partial charge in [0.25, 0.3) is 0 Å². The van der Waals surface area contributed by atoms with Crippen molar-refractivity contribution < 1.29 is 14.3 Å². The maximum Gasteiger partial charge on any atom is 0.221 e. The van der Waals surface area contributed by atoms with E-state index in [1.54, 1.807) is 14.2 Å². The number of nitrogens with one attached hydrogen (secondary N) is 1. The van der Waals surface area contributed by atoms with Crippen molar-refractivity contribution in [2.45, 2.75) is 25.3 Å². The third-order valence-electron chi connectivity index (χ3n) is 6.18. The van der Waals surface area contributed by atoms with Crippen molar-refractivity contribution in [3.05, 3.63) is 95.7 Å². The highest BCUT2D eigenvalue weighted by Gasteiger charge is 2.24. The smallest absolute Gasteiger partial charge is 0.221 e. The molecule has 1 amide bonds. The number of ether oxygens (including phenoxy) is 2. The molecule has 0 fully saturated rings. The quantitative estimate of drug-likeness (QED) is 0.387. The summed E-state index contributed by atoms with van der Waals surface area (Å²) < 4.78 is 13.1. The van der Waals surface area contributed by atoms with Crippen LogP contribution in [0.15, 0.2) is 79.0 Å². The first-order chi connectivity index (χ1) is 16.0. The molecule has 4 aromatic rings. The van der Waals surface area contributed by atoms with E-state index in [0.29, 0.717) is 17.9 Å². The number of methoxy groups -OCH3 is 2. The fourth-order valence-corrected chi connectivity index (χ4v) is 4.44. The van der Waals surface area contributed by atoms with Crippen LogP contribution in [0.4, 0.5) is 0 Å². The van der Waals surface area contributed by atoms with Crippen LogP contribution in [0.1, 0.15) is 42.0 Å². The molecular weight excluding hydrogens is 412 g/mol. The highest BCUT2D eigenvalue weighted by Crippen LogP contribution is 2.38. The third-order valence-corrected chi connectivity index (χ3v) is 6.18. The predicted octanol–water partition coefficient (Wildman–Crippen LogP) is 5.59. The molecule has 1 N–H and O–H groups in total. The van der Waals surface area contributed by atoms with E-state index in [0.717, 1.165) is 27.6 Å². The SMILES string of the molecule is COc1ccc([C@@H](CC(=O)N[C@@H](C)c2ccccc2)c2cn(C)c3ccccc23)cc1OC. The number of hydrogen-bond donors (Lipinski definition) is 1. The number of carbonyl (C=O) groups is 1. The number of fused-ring (bicyclic) bond motifs is 1. The number of benzene rings is 3. The minimum atomic E-state index is -0.140. The number of aromatic nitrogens is 1. The van der Waals surface area contributed by atoms with Crippen molar-refractivity contribution in [3.8, 4) is 11.5 Å². The summed E-state index contributed by atoms with van der Waals surface area (Å²) in [6.45, 7) is 2.01. The van der Waals surface area contributed by atoms with Gasteiger partial charge in [-0.25, -0.2) is 0 Å². The zero-order valence-electron chi connectivity index (χ0n) is 19.5. The van der Waals surface area contributed by atoms with Gasteiger partial charge in [-0.2, -0.15) is 0 Å². The summed E-state index contributed by atoms with van der Waals surface area (Å²) in [4.78, 5) is 13.2. The molecule has 0 aliphatic carbocycles. The van der Waals surface area contributed by atoms with Gasteiger partial charge in [-0.3, -0.25) is 4.79 Å². The number of aryl methyl sites for hydroxylation is 1. The van der Waals surface area contributed by atoms with Crippen LogP contribution in [-0.4, -0.2) is 24.7 Å². The molecule has 0 spiro atoms. The van der Waals surface area contributed by atoms with Gasteiger partial charge in [-0.1, -0.05) is 54.6 Å². The Morgan fingerprint density at radius 1 is 0.909 bits per heavy atom.